The van der Waals surface area contributed by atoms with Gasteiger partial charge in [0, 0.05) is 6.08 Å². The van der Waals surface area contributed by atoms with Crippen LogP contribution in [0.1, 0.15) is 0 Å². The van der Waals surface area contributed by atoms with E-state index in [1.54, 1.807) is 0 Å². The van der Waals surface area contributed by atoms with Gasteiger partial charge < -0.3 is 20.4 Å². The van der Waals surface area contributed by atoms with E-state index in [1.807, 2.05) is 0 Å². The largest absolute Gasteiger partial charge is 0.504 e. The Morgan fingerprint density at radius 2 is 1.50 bits per heavy atom. The zero-order chi connectivity index (χ0) is 10.3. The Labute approximate surface area is 78.2 Å². The molecule has 0 unspecified atom stereocenters. The third-order valence-electron chi connectivity index (χ3n) is 1.96. The van der Waals surface area contributed by atoms with Crippen molar-refractivity contribution < 1.29 is 20.4 Å². The van der Waals surface area contributed by atoms with E-state index in [4.69, 9.17) is 0 Å². The van der Waals surface area contributed by atoms with Crippen LogP contribution >= 0.6 is 0 Å². The minimum Gasteiger partial charge on any atom is -0.504 e. The van der Waals surface area contributed by atoms with Gasteiger partial charge >= 0.3 is 5.36 Å². The SMILES string of the molecule is Oc1c(O)c(O)c2c(c1O)=CC=C[N+]=2. The molecule has 0 amide bonds. The first kappa shape index (κ1) is 8.43. The Kier molecular flexibility index (Phi) is 1.60. The van der Waals surface area contributed by atoms with Gasteiger partial charge in [0.15, 0.2) is 5.75 Å². The highest BCUT2D eigenvalue weighted by Crippen LogP contribution is 2.35. The van der Waals surface area contributed by atoms with Crippen LogP contribution in [-0.4, -0.2) is 20.4 Å². The van der Waals surface area contributed by atoms with Gasteiger partial charge in [-0.25, -0.2) is 0 Å². The number of aromatic hydroxyl groups is 4. The highest BCUT2D eigenvalue weighted by atomic mass is 16.3. The molecule has 0 atom stereocenters. The Hall–Kier alpha value is -2.17. The number of nitrogens with zero attached hydrogens (tertiary/aromatic N) is 1. The average molecular weight is 193 g/mol. The number of allylic oxidation sites excluding steroid dienone is 1. The van der Waals surface area contributed by atoms with Crippen molar-refractivity contribution in [1.29, 1.82) is 0 Å². The monoisotopic (exact) mass is 193 g/mol. The summed E-state index contributed by atoms with van der Waals surface area (Å²) in [5.41, 5.74) is 0. The van der Waals surface area contributed by atoms with E-state index < -0.39 is 23.0 Å². The summed E-state index contributed by atoms with van der Waals surface area (Å²) in [7, 11) is 0. The molecular formula is C9H7NO4+. The van der Waals surface area contributed by atoms with Gasteiger partial charge in [-0.15, -0.1) is 0 Å². The standard InChI is InChI=1S/C9H7NO4/c11-6-4-2-1-3-10-5(4)7(12)9(14)8(6)13/h1-3,11-14H/q+1. The predicted molar refractivity (Wildman–Crippen MR) is 47.2 cm³/mol. The van der Waals surface area contributed by atoms with Crippen LogP contribution in [-0.2, 0) is 0 Å². The van der Waals surface area contributed by atoms with Gasteiger partial charge in [-0.3, -0.25) is 0 Å². The van der Waals surface area contributed by atoms with Crippen molar-refractivity contribution in [2.24, 2.45) is 0 Å². The minimum absolute atomic E-state index is 0.0419. The van der Waals surface area contributed by atoms with Gasteiger partial charge in [0.1, 0.15) is 5.22 Å². The Morgan fingerprint density at radius 1 is 0.857 bits per heavy atom. The highest BCUT2D eigenvalue weighted by molar-refractivity contribution is 5.60. The van der Waals surface area contributed by atoms with Crippen LogP contribution in [0.3, 0.4) is 0 Å². The first-order valence-electron chi connectivity index (χ1n) is 3.83. The fourth-order valence-corrected chi connectivity index (χ4v) is 1.25. The highest BCUT2D eigenvalue weighted by Gasteiger charge is 2.22. The molecule has 0 aliphatic carbocycles. The molecule has 0 spiro atoms. The summed E-state index contributed by atoms with van der Waals surface area (Å²) < 4.78 is 0. The summed E-state index contributed by atoms with van der Waals surface area (Å²) in [6, 6.07) is 0. The molecule has 1 aliphatic rings. The number of hydrogen-bond donors (Lipinski definition) is 4. The smallest absolute Gasteiger partial charge is 0.333 e. The van der Waals surface area contributed by atoms with Crippen molar-refractivity contribution in [3.05, 3.63) is 22.9 Å². The van der Waals surface area contributed by atoms with E-state index in [0.717, 1.165) is 0 Å². The summed E-state index contributed by atoms with van der Waals surface area (Å²) in [5.74, 6) is -2.56. The van der Waals surface area contributed by atoms with Gasteiger partial charge in [0.25, 0.3) is 0 Å². The van der Waals surface area contributed by atoms with Gasteiger partial charge in [-0.2, -0.15) is 0 Å². The average Bonchev–Trinajstić information content (AvgIpc) is 2.23. The lowest BCUT2D eigenvalue weighted by atomic mass is 10.2. The molecule has 71 valence electrons. The number of hydrogen-bond acceptors (Lipinski definition) is 5. The Morgan fingerprint density at radius 3 is 2.21 bits per heavy atom. The van der Waals surface area contributed by atoms with Crippen molar-refractivity contribution in [2.45, 2.75) is 0 Å². The summed E-state index contributed by atoms with van der Waals surface area (Å²) in [6.07, 6.45) is 4.41. The molecule has 4 N–H and O–H groups in total. The normalized spacial score (nSPS) is 12.9. The second kappa shape index (κ2) is 2.66. The third kappa shape index (κ3) is 0.922. The van der Waals surface area contributed by atoms with E-state index in [1.165, 1.54) is 18.4 Å². The first-order valence-corrected chi connectivity index (χ1v) is 3.83. The molecule has 5 heteroatoms. The molecule has 1 radical (unpaired) electrons. The van der Waals surface area contributed by atoms with Gasteiger partial charge in [-0.1, -0.05) is 0 Å². The second-order valence-corrected chi connectivity index (χ2v) is 2.79. The maximum Gasteiger partial charge on any atom is 0.333 e. The fraction of sp³-hybridized carbons (Fsp3) is 0. The van der Waals surface area contributed by atoms with Crippen molar-refractivity contribution in [1.82, 2.24) is 4.99 Å². The van der Waals surface area contributed by atoms with E-state index in [-0.39, 0.29) is 10.6 Å². The molecule has 0 saturated heterocycles. The summed E-state index contributed by atoms with van der Waals surface area (Å²) in [5, 5.41) is 37.4. The molecule has 0 aromatic heterocycles. The summed E-state index contributed by atoms with van der Waals surface area (Å²) >= 11 is 0. The van der Waals surface area contributed by atoms with Crippen LogP contribution in [0.4, 0.5) is 0 Å². The maximum absolute atomic E-state index is 9.40. The maximum atomic E-state index is 9.40. The minimum atomic E-state index is -0.770. The Bertz CT molecular complexity index is 496. The van der Waals surface area contributed by atoms with E-state index in [2.05, 4.69) is 4.99 Å². The van der Waals surface area contributed by atoms with Gasteiger partial charge in [0.2, 0.25) is 23.4 Å². The molecule has 0 saturated carbocycles. The molecule has 0 fully saturated rings. The summed E-state index contributed by atoms with van der Waals surface area (Å²) in [4.78, 5) is 3.76. The number of fused-ring (bicyclic) bond motifs is 1. The van der Waals surface area contributed by atoms with E-state index in [9.17, 15) is 20.4 Å². The first-order chi connectivity index (χ1) is 6.63. The Balaban J connectivity index is 3.05. The second-order valence-electron chi connectivity index (χ2n) is 2.79. The van der Waals surface area contributed by atoms with E-state index >= 15 is 0 Å². The van der Waals surface area contributed by atoms with E-state index in [0.29, 0.717) is 0 Å². The van der Waals surface area contributed by atoms with Crippen molar-refractivity contribution in [3.8, 4) is 23.0 Å². The van der Waals surface area contributed by atoms with Crippen molar-refractivity contribution >= 4 is 6.08 Å². The van der Waals surface area contributed by atoms with Gasteiger partial charge in [0.05, 0.1) is 4.99 Å². The van der Waals surface area contributed by atoms with Crippen LogP contribution < -0.4 is 15.6 Å². The predicted octanol–water partition coefficient (Wildman–Crippen LogP) is -1.23. The molecule has 1 aromatic rings. The zero-order valence-electron chi connectivity index (χ0n) is 6.97. The van der Waals surface area contributed by atoms with Gasteiger partial charge in [-0.05, 0) is 6.08 Å². The third-order valence-corrected chi connectivity index (χ3v) is 1.96. The van der Waals surface area contributed by atoms with Crippen molar-refractivity contribution in [3.63, 3.8) is 0 Å². The molecule has 0 bridgehead atoms. The molecule has 1 aliphatic heterocycles. The van der Waals surface area contributed by atoms with Crippen LogP contribution in [0, 0.1) is 0 Å². The van der Waals surface area contributed by atoms with Crippen molar-refractivity contribution in [2.75, 3.05) is 0 Å². The molecule has 5 nitrogen and oxygen atoms in total. The molecule has 1 heterocycles. The quantitative estimate of drug-likeness (QED) is 0.306. The van der Waals surface area contributed by atoms with Crippen LogP contribution in [0.15, 0.2) is 12.3 Å². The van der Waals surface area contributed by atoms with Crippen LogP contribution in [0.5, 0.6) is 23.0 Å². The lowest BCUT2D eigenvalue weighted by molar-refractivity contribution is 0.340. The lowest BCUT2D eigenvalue weighted by Crippen LogP contribution is -2.31. The molecular weight excluding hydrogens is 186 g/mol. The number of rotatable bonds is 0. The summed E-state index contributed by atoms with van der Waals surface area (Å²) in [6.45, 7) is 0. The topological polar surface area (TPSA) is 95.0 Å². The number of phenolic OH excluding ortho intramolecular Hbond substituents is 4. The zero-order valence-corrected chi connectivity index (χ0v) is 6.97. The molecule has 14 heavy (non-hydrogen) atoms. The lowest BCUT2D eigenvalue weighted by Gasteiger charge is -2.01. The number of benzene rings is 1. The fourth-order valence-electron chi connectivity index (χ4n) is 1.25. The van der Waals surface area contributed by atoms with Crippen LogP contribution in [0.2, 0.25) is 0 Å². The van der Waals surface area contributed by atoms with Crippen LogP contribution in [0.25, 0.3) is 6.08 Å². The number of phenols is 4. The molecule has 1 aromatic carbocycles. The molecule has 2 rings (SSSR count).